The highest BCUT2D eigenvalue weighted by atomic mass is 16.5. The number of para-hydroxylation sites is 1. The summed E-state index contributed by atoms with van der Waals surface area (Å²) in [6.07, 6.45) is 7.46. The zero-order valence-corrected chi connectivity index (χ0v) is 13.3. The first-order valence-corrected chi connectivity index (χ1v) is 8.27. The molecule has 23 heavy (non-hydrogen) atoms. The lowest BCUT2D eigenvalue weighted by Gasteiger charge is -2.35. The number of benzene rings is 1. The van der Waals surface area contributed by atoms with E-state index in [1.54, 1.807) is 6.20 Å². The Morgan fingerprint density at radius 3 is 2.87 bits per heavy atom. The van der Waals surface area contributed by atoms with Gasteiger partial charge in [-0.25, -0.2) is 0 Å². The summed E-state index contributed by atoms with van der Waals surface area (Å²) >= 11 is 0. The van der Waals surface area contributed by atoms with Crippen molar-refractivity contribution in [3.63, 3.8) is 0 Å². The van der Waals surface area contributed by atoms with Gasteiger partial charge in [-0.1, -0.05) is 18.2 Å². The van der Waals surface area contributed by atoms with Crippen molar-refractivity contribution in [2.45, 2.75) is 38.3 Å². The highest BCUT2D eigenvalue weighted by Crippen LogP contribution is 2.19. The smallest absolute Gasteiger partial charge is 0.226 e. The van der Waals surface area contributed by atoms with Crippen LogP contribution in [0.3, 0.4) is 0 Å². The summed E-state index contributed by atoms with van der Waals surface area (Å²) in [7, 11) is 0. The summed E-state index contributed by atoms with van der Waals surface area (Å²) in [5.74, 6) is 0.991. The van der Waals surface area contributed by atoms with Gasteiger partial charge in [0.1, 0.15) is 5.75 Å². The number of hydrogen-bond donors (Lipinski definition) is 0. The lowest BCUT2D eigenvalue weighted by Crippen LogP contribution is -2.46. The number of carbonyl (C=O) groups excluding carboxylic acids is 1. The first-order valence-electron chi connectivity index (χ1n) is 8.27. The zero-order valence-electron chi connectivity index (χ0n) is 13.3. The molecule has 0 saturated carbocycles. The van der Waals surface area contributed by atoms with Crippen molar-refractivity contribution in [3.05, 3.63) is 48.8 Å². The summed E-state index contributed by atoms with van der Waals surface area (Å²) in [5, 5.41) is 4.26. The highest BCUT2D eigenvalue weighted by Gasteiger charge is 2.26. The maximum Gasteiger partial charge on any atom is 0.226 e. The van der Waals surface area contributed by atoms with Crippen LogP contribution in [-0.4, -0.2) is 39.8 Å². The number of nitrogens with zero attached hydrogens (tertiary/aromatic N) is 3. The number of aromatic nitrogens is 2. The molecule has 0 unspecified atom stereocenters. The number of carbonyl (C=O) groups is 1. The predicted octanol–water partition coefficient (Wildman–Crippen LogP) is 2.73. The molecule has 5 nitrogen and oxygen atoms in total. The quantitative estimate of drug-likeness (QED) is 0.824. The minimum absolute atomic E-state index is 0.179. The maximum absolute atomic E-state index is 12.5. The van der Waals surface area contributed by atoms with E-state index >= 15 is 0 Å². The molecule has 1 atom stereocenters. The van der Waals surface area contributed by atoms with Crippen LogP contribution in [0.5, 0.6) is 5.75 Å². The summed E-state index contributed by atoms with van der Waals surface area (Å²) in [4.78, 5) is 14.6. The third kappa shape index (κ3) is 4.34. The number of likely N-dealkylation sites (tertiary alicyclic amines) is 1. The fourth-order valence-corrected chi connectivity index (χ4v) is 3.06. The number of ether oxygens (including phenoxy) is 1. The van der Waals surface area contributed by atoms with Crippen LogP contribution in [0.2, 0.25) is 0 Å². The van der Waals surface area contributed by atoms with E-state index in [1.807, 2.05) is 52.2 Å². The Hall–Kier alpha value is -2.30. The first kappa shape index (κ1) is 15.6. The van der Waals surface area contributed by atoms with E-state index in [-0.39, 0.29) is 11.9 Å². The summed E-state index contributed by atoms with van der Waals surface area (Å²) in [6, 6.07) is 11.8. The Morgan fingerprint density at radius 1 is 1.22 bits per heavy atom. The molecule has 1 aromatic heterocycles. The van der Waals surface area contributed by atoms with Crippen molar-refractivity contribution in [1.82, 2.24) is 14.7 Å². The normalized spacial score (nSPS) is 17.9. The van der Waals surface area contributed by atoms with Gasteiger partial charge in [0.15, 0.2) is 0 Å². The van der Waals surface area contributed by atoms with Gasteiger partial charge in [-0.05, 0) is 37.5 Å². The molecule has 122 valence electrons. The van der Waals surface area contributed by atoms with Crippen LogP contribution in [0.25, 0.3) is 0 Å². The van der Waals surface area contributed by atoms with Crippen LogP contribution in [0.15, 0.2) is 48.8 Å². The molecule has 1 amide bonds. The monoisotopic (exact) mass is 313 g/mol. The van der Waals surface area contributed by atoms with Crippen LogP contribution < -0.4 is 4.74 Å². The van der Waals surface area contributed by atoms with Crippen LogP contribution in [0, 0.1) is 0 Å². The molecular formula is C18H23N3O2. The van der Waals surface area contributed by atoms with Gasteiger partial charge in [-0.3, -0.25) is 9.48 Å². The molecular weight excluding hydrogens is 290 g/mol. The molecule has 1 aliphatic rings. The van der Waals surface area contributed by atoms with E-state index in [2.05, 4.69) is 5.10 Å². The van der Waals surface area contributed by atoms with Crippen LogP contribution in [-0.2, 0) is 11.3 Å². The molecule has 1 aliphatic heterocycles. The Labute approximate surface area is 136 Å². The number of amides is 1. The molecule has 0 radical (unpaired) electrons. The molecule has 0 spiro atoms. The second-order valence-corrected chi connectivity index (χ2v) is 5.88. The summed E-state index contributed by atoms with van der Waals surface area (Å²) < 4.78 is 7.56. The van der Waals surface area contributed by atoms with Gasteiger partial charge >= 0.3 is 0 Å². The van der Waals surface area contributed by atoms with Gasteiger partial charge in [0.05, 0.1) is 25.6 Å². The molecule has 2 aromatic rings. The van der Waals surface area contributed by atoms with Crippen molar-refractivity contribution in [2.75, 3.05) is 13.2 Å². The molecule has 1 aromatic carbocycles. The lowest BCUT2D eigenvalue weighted by atomic mass is 10.0. The predicted molar refractivity (Wildman–Crippen MR) is 88.1 cm³/mol. The highest BCUT2D eigenvalue weighted by molar-refractivity contribution is 5.76. The van der Waals surface area contributed by atoms with Gasteiger partial charge in [-0.2, -0.15) is 5.10 Å². The summed E-state index contributed by atoms with van der Waals surface area (Å²) in [6.45, 7) is 2.04. The molecule has 5 heteroatoms. The van der Waals surface area contributed by atoms with Gasteiger partial charge in [0, 0.05) is 18.9 Å². The van der Waals surface area contributed by atoms with Gasteiger partial charge < -0.3 is 9.64 Å². The average molecular weight is 313 g/mol. The number of rotatable bonds is 6. The second kappa shape index (κ2) is 7.81. The Kier molecular flexibility index (Phi) is 5.29. The van der Waals surface area contributed by atoms with Crippen molar-refractivity contribution in [2.24, 2.45) is 0 Å². The topological polar surface area (TPSA) is 47.4 Å². The van der Waals surface area contributed by atoms with Crippen molar-refractivity contribution >= 4 is 5.91 Å². The molecule has 1 saturated heterocycles. The van der Waals surface area contributed by atoms with Crippen molar-refractivity contribution in [3.8, 4) is 5.75 Å². The number of piperidine rings is 1. The van der Waals surface area contributed by atoms with E-state index in [0.717, 1.165) is 31.7 Å². The molecule has 0 aliphatic carbocycles. The Bertz CT molecular complexity index is 598. The summed E-state index contributed by atoms with van der Waals surface area (Å²) in [5.41, 5.74) is 0. The molecule has 1 fully saturated rings. The molecule has 2 heterocycles. The maximum atomic E-state index is 12.5. The molecule has 0 bridgehead atoms. The standard InChI is InChI=1S/C18H23N3O2/c22-18(10-14-23-17-8-2-1-3-9-17)21-13-5-4-7-16(21)15-20-12-6-11-19-20/h1-3,6,8-9,11-12,16H,4-5,7,10,13-15H2/t16-/m0/s1. The van der Waals surface area contributed by atoms with E-state index in [4.69, 9.17) is 4.74 Å². The van der Waals surface area contributed by atoms with E-state index < -0.39 is 0 Å². The third-order valence-corrected chi connectivity index (χ3v) is 4.23. The Balaban J connectivity index is 1.51. The third-order valence-electron chi connectivity index (χ3n) is 4.23. The van der Waals surface area contributed by atoms with E-state index in [9.17, 15) is 4.79 Å². The van der Waals surface area contributed by atoms with Crippen molar-refractivity contribution in [1.29, 1.82) is 0 Å². The minimum atomic E-state index is 0.179. The van der Waals surface area contributed by atoms with E-state index in [0.29, 0.717) is 13.0 Å². The lowest BCUT2D eigenvalue weighted by molar-refractivity contribution is -0.135. The minimum Gasteiger partial charge on any atom is -0.493 e. The van der Waals surface area contributed by atoms with E-state index in [1.165, 1.54) is 6.42 Å². The number of hydrogen-bond acceptors (Lipinski definition) is 3. The SMILES string of the molecule is O=C(CCOc1ccccc1)N1CCCC[C@H]1Cn1cccn1. The molecule has 0 N–H and O–H groups in total. The van der Waals surface area contributed by atoms with Crippen LogP contribution >= 0.6 is 0 Å². The second-order valence-electron chi connectivity index (χ2n) is 5.88. The van der Waals surface area contributed by atoms with Crippen LogP contribution in [0.4, 0.5) is 0 Å². The zero-order chi connectivity index (χ0) is 15.9. The fraction of sp³-hybridized carbons (Fsp3) is 0.444. The molecule has 3 rings (SSSR count). The van der Waals surface area contributed by atoms with Crippen LogP contribution in [0.1, 0.15) is 25.7 Å². The Morgan fingerprint density at radius 2 is 2.09 bits per heavy atom. The fourth-order valence-electron chi connectivity index (χ4n) is 3.06. The van der Waals surface area contributed by atoms with Crippen molar-refractivity contribution < 1.29 is 9.53 Å². The largest absolute Gasteiger partial charge is 0.493 e. The van der Waals surface area contributed by atoms with Gasteiger partial charge in [0.25, 0.3) is 0 Å². The van der Waals surface area contributed by atoms with Gasteiger partial charge in [0.2, 0.25) is 5.91 Å². The average Bonchev–Trinajstić information content (AvgIpc) is 3.09. The first-order chi connectivity index (χ1) is 11.3. The van der Waals surface area contributed by atoms with Gasteiger partial charge in [-0.15, -0.1) is 0 Å².